The molecule has 1 aromatic carbocycles. The SMILES string of the molecule is Cc1cccc([C@@H]2C[C@@H]2C(=O)N2CCCC[C@@H]2CN2CCOCC2)c1. The van der Waals surface area contributed by atoms with E-state index >= 15 is 0 Å². The maximum absolute atomic E-state index is 13.2. The minimum Gasteiger partial charge on any atom is -0.379 e. The van der Waals surface area contributed by atoms with E-state index in [9.17, 15) is 4.79 Å². The summed E-state index contributed by atoms with van der Waals surface area (Å²) in [6, 6.07) is 9.09. The van der Waals surface area contributed by atoms with Gasteiger partial charge in [0.1, 0.15) is 0 Å². The number of nitrogens with zero attached hydrogens (tertiary/aromatic N) is 2. The van der Waals surface area contributed by atoms with Crippen molar-refractivity contribution in [3.05, 3.63) is 35.4 Å². The first-order valence-corrected chi connectivity index (χ1v) is 9.89. The Balaban J connectivity index is 1.39. The molecule has 1 aromatic rings. The molecule has 0 spiro atoms. The van der Waals surface area contributed by atoms with E-state index in [-0.39, 0.29) is 5.92 Å². The molecule has 4 nitrogen and oxygen atoms in total. The molecule has 1 amide bonds. The highest BCUT2D eigenvalue weighted by molar-refractivity contribution is 5.83. The van der Waals surface area contributed by atoms with E-state index in [4.69, 9.17) is 4.74 Å². The van der Waals surface area contributed by atoms with Gasteiger partial charge in [-0.15, -0.1) is 0 Å². The van der Waals surface area contributed by atoms with Crippen LogP contribution < -0.4 is 0 Å². The summed E-state index contributed by atoms with van der Waals surface area (Å²) < 4.78 is 5.46. The molecule has 25 heavy (non-hydrogen) atoms. The standard InChI is InChI=1S/C21H30N2O2/c1-16-5-4-6-17(13-16)19-14-20(19)21(24)23-8-3-2-7-18(23)15-22-9-11-25-12-10-22/h4-6,13,18-20H,2-3,7-12,14-15H2,1H3/t18-,19+,20+/m1/s1. The number of hydrogen-bond donors (Lipinski definition) is 0. The molecule has 2 heterocycles. The van der Waals surface area contributed by atoms with Crippen LogP contribution in [0.5, 0.6) is 0 Å². The summed E-state index contributed by atoms with van der Waals surface area (Å²) >= 11 is 0. The summed E-state index contributed by atoms with van der Waals surface area (Å²) in [6.45, 7) is 7.78. The maximum Gasteiger partial charge on any atom is 0.226 e. The number of benzene rings is 1. The molecule has 2 aliphatic heterocycles. The molecule has 4 rings (SSSR count). The van der Waals surface area contributed by atoms with Crippen LogP contribution >= 0.6 is 0 Å². The van der Waals surface area contributed by atoms with Crippen molar-refractivity contribution in [1.82, 2.24) is 9.80 Å². The lowest BCUT2D eigenvalue weighted by molar-refractivity contribution is -0.137. The Hall–Kier alpha value is -1.39. The van der Waals surface area contributed by atoms with Crippen molar-refractivity contribution >= 4 is 5.91 Å². The van der Waals surface area contributed by atoms with Gasteiger partial charge in [-0.3, -0.25) is 9.69 Å². The minimum absolute atomic E-state index is 0.215. The summed E-state index contributed by atoms with van der Waals surface area (Å²) in [5.41, 5.74) is 2.64. The van der Waals surface area contributed by atoms with E-state index < -0.39 is 0 Å². The zero-order valence-corrected chi connectivity index (χ0v) is 15.3. The molecule has 2 saturated heterocycles. The highest BCUT2D eigenvalue weighted by atomic mass is 16.5. The first-order valence-electron chi connectivity index (χ1n) is 9.89. The van der Waals surface area contributed by atoms with Crippen LogP contribution in [-0.2, 0) is 9.53 Å². The Morgan fingerprint density at radius 1 is 1.20 bits per heavy atom. The summed E-state index contributed by atoms with van der Waals surface area (Å²) in [5, 5.41) is 0. The van der Waals surface area contributed by atoms with Crippen molar-refractivity contribution in [1.29, 1.82) is 0 Å². The molecule has 1 saturated carbocycles. The number of carbonyl (C=O) groups is 1. The molecule has 3 atom stereocenters. The topological polar surface area (TPSA) is 32.8 Å². The second-order valence-corrected chi connectivity index (χ2v) is 7.96. The Kier molecular flexibility index (Phi) is 5.09. The van der Waals surface area contributed by atoms with Gasteiger partial charge in [0.15, 0.2) is 0 Å². The lowest BCUT2D eigenvalue weighted by Gasteiger charge is -2.40. The lowest BCUT2D eigenvalue weighted by atomic mass is 9.99. The fourth-order valence-corrected chi connectivity index (χ4v) is 4.51. The summed E-state index contributed by atoms with van der Waals surface area (Å²) in [4.78, 5) is 17.9. The number of morpholine rings is 1. The Morgan fingerprint density at radius 3 is 2.84 bits per heavy atom. The van der Waals surface area contributed by atoms with Crippen LogP contribution in [0.3, 0.4) is 0 Å². The van der Waals surface area contributed by atoms with Crippen LogP contribution in [0.2, 0.25) is 0 Å². The fourth-order valence-electron chi connectivity index (χ4n) is 4.51. The number of carbonyl (C=O) groups excluding carboxylic acids is 1. The number of ether oxygens (including phenoxy) is 1. The van der Waals surface area contributed by atoms with Crippen LogP contribution in [0.25, 0.3) is 0 Å². The van der Waals surface area contributed by atoms with Gasteiger partial charge in [0.2, 0.25) is 5.91 Å². The van der Waals surface area contributed by atoms with E-state index in [1.165, 1.54) is 17.5 Å². The van der Waals surface area contributed by atoms with Crippen LogP contribution in [-0.4, -0.2) is 61.1 Å². The van der Waals surface area contributed by atoms with Crippen LogP contribution in [0.15, 0.2) is 24.3 Å². The molecular formula is C21H30N2O2. The highest BCUT2D eigenvalue weighted by Crippen LogP contribution is 2.49. The van der Waals surface area contributed by atoms with Crippen molar-refractivity contribution in [2.45, 2.75) is 44.6 Å². The summed E-state index contributed by atoms with van der Waals surface area (Å²) in [7, 11) is 0. The second kappa shape index (κ2) is 7.46. The van der Waals surface area contributed by atoms with Gasteiger partial charge < -0.3 is 9.64 Å². The first-order chi connectivity index (χ1) is 12.2. The molecule has 3 fully saturated rings. The first kappa shape index (κ1) is 17.0. The van der Waals surface area contributed by atoms with Gasteiger partial charge in [0.25, 0.3) is 0 Å². The predicted octanol–water partition coefficient (Wildman–Crippen LogP) is 2.81. The molecule has 1 aliphatic carbocycles. The van der Waals surface area contributed by atoms with Crippen molar-refractivity contribution in [2.24, 2.45) is 5.92 Å². The van der Waals surface area contributed by atoms with Crippen LogP contribution in [0.4, 0.5) is 0 Å². The zero-order valence-electron chi connectivity index (χ0n) is 15.3. The third-order valence-electron chi connectivity index (χ3n) is 6.06. The molecule has 0 N–H and O–H groups in total. The fraction of sp³-hybridized carbons (Fsp3) is 0.667. The van der Waals surface area contributed by atoms with Gasteiger partial charge in [0, 0.05) is 38.1 Å². The molecule has 136 valence electrons. The third-order valence-corrected chi connectivity index (χ3v) is 6.06. The zero-order chi connectivity index (χ0) is 17.2. The molecule has 0 bridgehead atoms. The monoisotopic (exact) mass is 342 g/mol. The number of hydrogen-bond acceptors (Lipinski definition) is 3. The van der Waals surface area contributed by atoms with Gasteiger partial charge in [0.05, 0.1) is 13.2 Å². The predicted molar refractivity (Wildman–Crippen MR) is 98.6 cm³/mol. The number of piperidine rings is 1. The molecule has 4 heteroatoms. The summed E-state index contributed by atoms with van der Waals surface area (Å²) in [6.07, 6.45) is 4.60. The van der Waals surface area contributed by atoms with E-state index in [1.807, 2.05) is 0 Å². The van der Waals surface area contributed by atoms with E-state index in [0.29, 0.717) is 17.9 Å². The smallest absolute Gasteiger partial charge is 0.226 e. The van der Waals surface area contributed by atoms with Crippen molar-refractivity contribution in [3.63, 3.8) is 0 Å². The second-order valence-electron chi connectivity index (χ2n) is 7.96. The lowest BCUT2D eigenvalue weighted by Crippen LogP contribution is -2.51. The molecule has 0 unspecified atom stereocenters. The van der Waals surface area contributed by atoms with Gasteiger partial charge in [-0.2, -0.15) is 0 Å². The van der Waals surface area contributed by atoms with Gasteiger partial charge in [-0.1, -0.05) is 29.8 Å². The van der Waals surface area contributed by atoms with E-state index in [2.05, 4.69) is 41.0 Å². The largest absolute Gasteiger partial charge is 0.379 e. The van der Waals surface area contributed by atoms with Gasteiger partial charge in [-0.05, 0) is 44.1 Å². The maximum atomic E-state index is 13.2. The number of likely N-dealkylation sites (tertiary alicyclic amines) is 1. The molecule has 0 aromatic heterocycles. The number of aryl methyl sites for hydroxylation is 1. The molecular weight excluding hydrogens is 312 g/mol. The van der Waals surface area contributed by atoms with Crippen LogP contribution in [0, 0.1) is 12.8 Å². The highest BCUT2D eigenvalue weighted by Gasteiger charge is 2.47. The van der Waals surface area contributed by atoms with Crippen molar-refractivity contribution < 1.29 is 9.53 Å². The normalized spacial score (nSPS) is 30.3. The van der Waals surface area contributed by atoms with Crippen molar-refractivity contribution in [2.75, 3.05) is 39.4 Å². The van der Waals surface area contributed by atoms with Crippen LogP contribution in [0.1, 0.15) is 42.7 Å². The molecule has 3 aliphatic rings. The third kappa shape index (κ3) is 3.90. The Labute approximate surface area is 151 Å². The Bertz CT molecular complexity index is 612. The Morgan fingerprint density at radius 2 is 2.04 bits per heavy atom. The average molecular weight is 342 g/mol. The molecule has 0 radical (unpaired) electrons. The average Bonchev–Trinajstić information content (AvgIpc) is 3.43. The van der Waals surface area contributed by atoms with Gasteiger partial charge >= 0.3 is 0 Å². The summed E-state index contributed by atoms with van der Waals surface area (Å²) in [5.74, 6) is 1.06. The minimum atomic E-state index is 0.215. The quantitative estimate of drug-likeness (QED) is 0.843. The number of amides is 1. The van der Waals surface area contributed by atoms with E-state index in [0.717, 1.165) is 58.7 Å². The van der Waals surface area contributed by atoms with Gasteiger partial charge in [-0.25, -0.2) is 0 Å². The van der Waals surface area contributed by atoms with Crippen molar-refractivity contribution in [3.8, 4) is 0 Å². The number of rotatable bonds is 4. The van der Waals surface area contributed by atoms with E-state index in [1.54, 1.807) is 0 Å².